The fourth-order valence-electron chi connectivity index (χ4n) is 5.63. The zero-order chi connectivity index (χ0) is 28.9. The normalized spacial score (nSPS) is 14.3. The Labute approximate surface area is 245 Å². The summed E-state index contributed by atoms with van der Waals surface area (Å²) in [6, 6.07) is 11.0. The van der Waals surface area contributed by atoms with Crippen LogP contribution in [0.25, 0.3) is 16.8 Å². The first kappa shape index (κ1) is 28.6. The van der Waals surface area contributed by atoms with E-state index in [1.165, 1.54) is 28.0 Å². The summed E-state index contributed by atoms with van der Waals surface area (Å²) in [6.07, 6.45) is 11.0. The third-order valence-electron chi connectivity index (χ3n) is 8.45. The van der Waals surface area contributed by atoms with Crippen LogP contribution in [0, 0.1) is 11.8 Å². The molecule has 8 heteroatoms. The van der Waals surface area contributed by atoms with Crippen molar-refractivity contribution in [2.24, 2.45) is 18.9 Å². The maximum Gasteiger partial charge on any atom is 0.228 e. The van der Waals surface area contributed by atoms with Crippen molar-refractivity contribution in [3.05, 3.63) is 77.0 Å². The number of benzene rings is 1. The van der Waals surface area contributed by atoms with Gasteiger partial charge in [0.15, 0.2) is 5.82 Å². The topological polar surface area (TPSA) is 85.5 Å². The molecule has 0 fully saturated rings. The Hall–Kier alpha value is -3.94. The molecule has 8 nitrogen and oxygen atoms in total. The smallest absolute Gasteiger partial charge is 0.228 e. The van der Waals surface area contributed by atoms with Gasteiger partial charge in [0.2, 0.25) is 5.95 Å². The monoisotopic (exact) mass is 554 g/mol. The molecule has 1 aliphatic carbocycles. The van der Waals surface area contributed by atoms with Gasteiger partial charge in [0.25, 0.3) is 0 Å². The first-order valence-electron chi connectivity index (χ1n) is 15.2. The van der Waals surface area contributed by atoms with Gasteiger partial charge in [-0.15, -0.1) is 0 Å². The highest BCUT2D eigenvalue weighted by atomic mass is 15.3. The van der Waals surface area contributed by atoms with Crippen molar-refractivity contribution < 1.29 is 1.43 Å². The van der Waals surface area contributed by atoms with Crippen molar-refractivity contribution in [3.63, 3.8) is 0 Å². The third kappa shape index (κ3) is 6.21. The van der Waals surface area contributed by atoms with Crippen LogP contribution in [0.15, 0.2) is 48.9 Å². The quantitative estimate of drug-likeness (QED) is 0.187. The maximum atomic E-state index is 5.00. The summed E-state index contributed by atoms with van der Waals surface area (Å²) in [5, 5.41) is 16.3. The third-order valence-corrected chi connectivity index (χ3v) is 8.45. The Balaban J connectivity index is 0.00000405. The lowest BCUT2D eigenvalue weighted by Gasteiger charge is -2.23. The zero-order valence-corrected chi connectivity index (χ0v) is 25.4. The van der Waals surface area contributed by atoms with E-state index in [9.17, 15) is 0 Å². The average molecular weight is 555 g/mol. The average Bonchev–Trinajstić information content (AvgIpc) is 3.58. The van der Waals surface area contributed by atoms with E-state index < -0.39 is 0 Å². The summed E-state index contributed by atoms with van der Waals surface area (Å²) in [7, 11) is 2.06. The van der Waals surface area contributed by atoms with Crippen LogP contribution in [-0.2, 0) is 32.9 Å². The van der Waals surface area contributed by atoms with Crippen LogP contribution in [-0.4, -0.2) is 36.1 Å². The van der Waals surface area contributed by atoms with Crippen LogP contribution >= 0.6 is 0 Å². The first-order valence-corrected chi connectivity index (χ1v) is 15.2. The lowest BCUT2D eigenvalue weighted by molar-refractivity contribution is 0.456. The number of rotatable bonds is 12. The molecule has 1 aliphatic rings. The predicted octanol–water partition coefficient (Wildman–Crippen LogP) is 6.80. The fourth-order valence-corrected chi connectivity index (χ4v) is 5.63. The molecule has 2 N–H and O–H groups in total. The van der Waals surface area contributed by atoms with Gasteiger partial charge < -0.3 is 10.6 Å². The molecule has 0 spiro atoms. The second-order valence-electron chi connectivity index (χ2n) is 11.2. The van der Waals surface area contributed by atoms with E-state index in [2.05, 4.69) is 92.8 Å². The summed E-state index contributed by atoms with van der Waals surface area (Å²) in [5.74, 6) is 2.37. The van der Waals surface area contributed by atoms with Gasteiger partial charge in [-0.2, -0.15) is 10.2 Å². The van der Waals surface area contributed by atoms with E-state index in [0.717, 1.165) is 68.0 Å². The van der Waals surface area contributed by atoms with Crippen molar-refractivity contribution in [1.82, 2.24) is 34.8 Å². The maximum absolute atomic E-state index is 5.00. The lowest BCUT2D eigenvalue weighted by Crippen LogP contribution is -2.14. The van der Waals surface area contributed by atoms with E-state index in [0.29, 0.717) is 17.8 Å². The molecule has 2 atom stereocenters. The summed E-state index contributed by atoms with van der Waals surface area (Å²) >= 11 is 0. The Morgan fingerprint density at radius 1 is 1.12 bits per heavy atom. The number of allylic oxidation sites excluding steroid dienone is 1. The molecule has 4 aromatic rings. The minimum absolute atomic E-state index is 0. The summed E-state index contributed by atoms with van der Waals surface area (Å²) in [4.78, 5) is 9.60. The molecule has 0 amide bonds. The van der Waals surface area contributed by atoms with Gasteiger partial charge in [0.1, 0.15) is 0 Å². The number of nitrogens with zero attached hydrogens (tertiary/aromatic N) is 6. The molecular formula is C33H46N8. The van der Waals surface area contributed by atoms with E-state index in [4.69, 9.17) is 10.1 Å². The predicted molar refractivity (Wildman–Crippen MR) is 169 cm³/mol. The zero-order valence-electron chi connectivity index (χ0n) is 25.4. The molecule has 5 rings (SSSR count). The highest BCUT2D eigenvalue weighted by molar-refractivity contribution is 5.73. The largest absolute Gasteiger partial charge is 0.391 e. The van der Waals surface area contributed by atoms with Crippen molar-refractivity contribution >= 4 is 17.3 Å². The number of aryl methyl sites for hydroxylation is 4. The highest BCUT2D eigenvalue weighted by Gasteiger charge is 2.27. The number of hydrogen-bond donors (Lipinski definition) is 2. The lowest BCUT2D eigenvalue weighted by atomic mass is 9.83. The Kier molecular flexibility index (Phi) is 8.86. The van der Waals surface area contributed by atoms with Crippen molar-refractivity contribution in [3.8, 4) is 11.3 Å². The molecule has 41 heavy (non-hydrogen) atoms. The highest BCUT2D eigenvalue weighted by Crippen LogP contribution is 2.37. The molecule has 1 aromatic carbocycles. The van der Waals surface area contributed by atoms with Crippen molar-refractivity contribution in [2.45, 2.75) is 73.3 Å². The van der Waals surface area contributed by atoms with Gasteiger partial charge in [-0.3, -0.25) is 9.36 Å². The number of nitrogens with one attached hydrogen (secondary N) is 2. The molecule has 0 bridgehead atoms. The Morgan fingerprint density at radius 3 is 2.73 bits per heavy atom. The first-order chi connectivity index (χ1) is 19.9. The van der Waals surface area contributed by atoms with Gasteiger partial charge >= 0.3 is 0 Å². The second kappa shape index (κ2) is 12.7. The van der Waals surface area contributed by atoms with Gasteiger partial charge in [-0.25, -0.2) is 9.97 Å². The van der Waals surface area contributed by atoms with Crippen LogP contribution in [0.5, 0.6) is 0 Å². The van der Waals surface area contributed by atoms with Gasteiger partial charge in [0, 0.05) is 58.2 Å². The molecule has 218 valence electrons. The number of hydrogen-bond acceptors (Lipinski definition) is 6. The van der Waals surface area contributed by atoms with Crippen LogP contribution in [0.1, 0.15) is 77.0 Å². The number of fused-ring (bicyclic) bond motifs is 3. The van der Waals surface area contributed by atoms with Gasteiger partial charge in [-0.1, -0.05) is 58.4 Å². The Bertz CT molecular complexity index is 1520. The molecule has 0 saturated carbocycles. The summed E-state index contributed by atoms with van der Waals surface area (Å²) in [6.45, 7) is 13.1. The van der Waals surface area contributed by atoms with E-state index >= 15 is 0 Å². The number of anilines is 2. The molecule has 0 saturated heterocycles. The molecule has 3 heterocycles. The standard InChI is InChI=1S/C33H44N8.H2/c1-7-16-34-21-27(23(5)22(4)8-2)25-12-10-11-24(18-25)19-29-31-28(38-40(29)6)14-13-26-20-35-33(37-32(26)31)36-30-15-17-41(9-3)39-30;/h10-12,15,17-18,20-23,34H,7-9,13-14,16,19H2,1-6H3,(H,35,36,37,39);1H/b27-21+;. The van der Waals surface area contributed by atoms with Gasteiger partial charge in [-0.05, 0) is 60.3 Å². The number of aromatic nitrogens is 6. The van der Waals surface area contributed by atoms with E-state index in [1.807, 2.05) is 27.8 Å². The minimum Gasteiger partial charge on any atom is -0.391 e. The minimum atomic E-state index is 0. The van der Waals surface area contributed by atoms with Crippen LogP contribution < -0.4 is 10.6 Å². The van der Waals surface area contributed by atoms with Crippen molar-refractivity contribution in [2.75, 3.05) is 11.9 Å². The molecular weight excluding hydrogens is 508 g/mol. The van der Waals surface area contributed by atoms with Crippen LogP contribution in [0.3, 0.4) is 0 Å². The second-order valence-corrected chi connectivity index (χ2v) is 11.2. The van der Waals surface area contributed by atoms with E-state index in [1.54, 1.807) is 0 Å². The van der Waals surface area contributed by atoms with Crippen molar-refractivity contribution in [1.29, 1.82) is 0 Å². The van der Waals surface area contributed by atoms with Crippen LogP contribution in [0.4, 0.5) is 11.8 Å². The molecule has 2 unspecified atom stereocenters. The summed E-state index contributed by atoms with van der Waals surface area (Å²) < 4.78 is 3.93. The van der Waals surface area contributed by atoms with Gasteiger partial charge in [0.05, 0.1) is 17.1 Å². The van der Waals surface area contributed by atoms with E-state index in [-0.39, 0.29) is 1.43 Å². The Morgan fingerprint density at radius 2 is 1.98 bits per heavy atom. The SMILES string of the molecule is CCCN/C=C(/c1cccc(Cc2c3c(nn2C)CCc2cnc(Nc4ccn(CC)n4)nc2-3)c1)C(C)C(C)CC.[HH]. The van der Waals surface area contributed by atoms with Crippen LogP contribution in [0.2, 0.25) is 0 Å². The fraction of sp³-hybridized carbons (Fsp3) is 0.455. The molecule has 3 aromatic heterocycles. The molecule has 0 radical (unpaired) electrons. The summed E-state index contributed by atoms with van der Waals surface area (Å²) in [5.41, 5.74) is 9.53. The molecule has 0 aliphatic heterocycles.